The third kappa shape index (κ3) is 50.2. The number of carbonyl (C=O) groups is 2. The van der Waals surface area contributed by atoms with E-state index in [-0.39, 0.29) is 25.2 Å². The van der Waals surface area contributed by atoms with E-state index in [0.717, 1.165) is 83.5 Å². The summed E-state index contributed by atoms with van der Waals surface area (Å²) in [5, 5.41) is 0. The van der Waals surface area contributed by atoms with Gasteiger partial charge in [0.1, 0.15) is 6.61 Å². The number of unbranched alkanes of at least 4 members (excludes halogenated alkanes) is 28. The lowest BCUT2D eigenvalue weighted by molar-refractivity contribution is -0.163. The summed E-state index contributed by atoms with van der Waals surface area (Å²) in [6.07, 6.45) is 66.7. The van der Waals surface area contributed by atoms with E-state index < -0.39 is 6.10 Å². The van der Waals surface area contributed by atoms with E-state index in [1.165, 1.54) is 148 Å². The third-order valence-electron chi connectivity index (χ3n) is 11.5. The summed E-state index contributed by atoms with van der Waals surface area (Å²) in [6, 6.07) is 0. The first-order chi connectivity index (χ1) is 30.6. The largest absolute Gasteiger partial charge is 0.462 e. The van der Waals surface area contributed by atoms with E-state index in [0.29, 0.717) is 19.4 Å². The summed E-state index contributed by atoms with van der Waals surface area (Å²) in [7, 11) is 0. The van der Waals surface area contributed by atoms with Crippen LogP contribution < -0.4 is 0 Å². The van der Waals surface area contributed by atoms with Gasteiger partial charge in [0.25, 0.3) is 0 Å². The van der Waals surface area contributed by atoms with Crippen LogP contribution in [0.15, 0.2) is 60.8 Å². The fraction of sp³-hybridized carbons (Fsp3) is 0.789. The van der Waals surface area contributed by atoms with E-state index in [1.54, 1.807) is 0 Å². The number of carbonyl (C=O) groups excluding carboxylic acids is 2. The highest BCUT2D eigenvalue weighted by molar-refractivity contribution is 5.70. The highest BCUT2D eigenvalue weighted by Gasteiger charge is 2.17. The van der Waals surface area contributed by atoms with E-state index in [4.69, 9.17) is 14.2 Å². The van der Waals surface area contributed by atoms with Gasteiger partial charge in [0.2, 0.25) is 0 Å². The SMILES string of the molecule is CC/C=C\C/C=C\C/C=C\CCCCCCOCC(COC(=O)CCCCCCCCCCCCCCCCCCCCC)OC(=O)CCCCCCC/C=C\C/C=C\CCC. The van der Waals surface area contributed by atoms with E-state index in [2.05, 4.69) is 81.5 Å². The Labute approximate surface area is 385 Å². The fourth-order valence-corrected chi connectivity index (χ4v) is 7.56. The first-order valence-electron chi connectivity index (χ1n) is 26.8. The van der Waals surface area contributed by atoms with Crippen molar-refractivity contribution in [2.45, 2.75) is 271 Å². The van der Waals surface area contributed by atoms with Gasteiger partial charge in [0.05, 0.1) is 6.61 Å². The molecule has 360 valence electrons. The molecule has 0 aromatic heterocycles. The van der Waals surface area contributed by atoms with Crippen molar-refractivity contribution >= 4 is 11.9 Å². The molecule has 5 nitrogen and oxygen atoms in total. The van der Waals surface area contributed by atoms with E-state index in [1.807, 2.05) is 0 Å². The lowest BCUT2D eigenvalue weighted by atomic mass is 10.0. The Bertz CT molecular complexity index is 1070. The van der Waals surface area contributed by atoms with Gasteiger partial charge in [-0.15, -0.1) is 0 Å². The molecule has 62 heavy (non-hydrogen) atoms. The van der Waals surface area contributed by atoms with Gasteiger partial charge in [0, 0.05) is 19.4 Å². The molecule has 0 bridgehead atoms. The van der Waals surface area contributed by atoms with Crippen LogP contribution in [0.5, 0.6) is 0 Å². The van der Waals surface area contributed by atoms with Gasteiger partial charge < -0.3 is 14.2 Å². The molecule has 0 aliphatic rings. The maximum Gasteiger partial charge on any atom is 0.306 e. The normalized spacial score (nSPS) is 12.6. The molecule has 5 heteroatoms. The minimum atomic E-state index is -0.554. The molecule has 0 aromatic carbocycles. The summed E-state index contributed by atoms with van der Waals surface area (Å²) < 4.78 is 17.4. The van der Waals surface area contributed by atoms with Crippen molar-refractivity contribution in [1.29, 1.82) is 0 Å². The van der Waals surface area contributed by atoms with Gasteiger partial charge in [0.15, 0.2) is 6.10 Å². The molecule has 0 radical (unpaired) electrons. The van der Waals surface area contributed by atoms with Gasteiger partial charge in [-0.25, -0.2) is 0 Å². The van der Waals surface area contributed by atoms with Crippen molar-refractivity contribution in [3.8, 4) is 0 Å². The Morgan fingerprint density at radius 2 is 0.758 bits per heavy atom. The molecule has 0 rings (SSSR count). The van der Waals surface area contributed by atoms with Crippen LogP contribution in [0.4, 0.5) is 0 Å². The Balaban J connectivity index is 4.24. The van der Waals surface area contributed by atoms with Crippen molar-refractivity contribution in [1.82, 2.24) is 0 Å². The molecule has 0 heterocycles. The molecule has 0 saturated carbocycles. The summed E-state index contributed by atoms with van der Waals surface area (Å²) in [5.74, 6) is -0.417. The zero-order chi connectivity index (χ0) is 44.9. The topological polar surface area (TPSA) is 61.8 Å². The molecule has 0 aliphatic carbocycles. The number of hydrogen-bond donors (Lipinski definition) is 0. The molecule has 0 amide bonds. The van der Waals surface area contributed by atoms with Crippen LogP contribution in [-0.2, 0) is 23.8 Å². The van der Waals surface area contributed by atoms with Gasteiger partial charge in [-0.2, -0.15) is 0 Å². The molecule has 0 N–H and O–H groups in total. The third-order valence-corrected chi connectivity index (χ3v) is 11.5. The molecule has 1 unspecified atom stereocenters. The Kier molecular flexibility index (Phi) is 50.9. The Morgan fingerprint density at radius 1 is 0.371 bits per heavy atom. The van der Waals surface area contributed by atoms with Gasteiger partial charge in [-0.3, -0.25) is 9.59 Å². The van der Waals surface area contributed by atoms with Gasteiger partial charge >= 0.3 is 11.9 Å². The Morgan fingerprint density at radius 3 is 1.23 bits per heavy atom. The quantitative estimate of drug-likeness (QED) is 0.0346. The van der Waals surface area contributed by atoms with Crippen LogP contribution in [0.1, 0.15) is 265 Å². The monoisotopic (exact) mass is 867 g/mol. The van der Waals surface area contributed by atoms with Crippen molar-refractivity contribution in [2.75, 3.05) is 19.8 Å². The highest BCUT2D eigenvalue weighted by Crippen LogP contribution is 2.16. The highest BCUT2D eigenvalue weighted by atomic mass is 16.6. The number of hydrogen-bond acceptors (Lipinski definition) is 5. The lowest BCUT2D eigenvalue weighted by Gasteiger charge is -2.18. The van der Waals surface area contributed by atoms with Gasteiger partial charge in [-0.05, 0) is 77.0 Å². The van der Waals surface area contributed by atoms with Crippen LogP contribution in [-0.4, -0.2) is 37.9 Å². The fourth-order valence-electron chi connectivity index (χ4n) is 7.56. The second kappa shape index (κ2) is 52.9. The smallest absolute Gasteiger partial charge is 0.306 e. The maximum absolute atomic E-state index is 12.8. The minimum absolute atomic E-state index is 0.0720. The molecule has 0 aromatic rings. The molecule has 0 spiro atoms. The van der Waals surface area contributed by atoms with Crippen molar-refractivity contribution < 1.29 is 23.8 Å². The molecular weight excluding hydrogens is 765 g/mol. The standard InChI is InChI=1S/C57H102O5/c1-4-7-10-13-16-19-22-25-27-28-29-30-31-33-35-38-41-44-47-50-56(58)61-54-55(53-60-52-49-46-43-40-37-34-26-23-20-17-14-11-8-5-2)62-57(59)51-48-45-42-39-36-32-24-21-18-15-12-9-6-3/h8,11-12,15,17,20-21,24,26,34,55H,4-7,9-10,13-14,16,18-19,22-23,25,27-33,35-54H2,1-3H3/b11-8-,15-12-,20-17-,24-21-,34-26-. The number of allylic oxidation sites excluding steroid dienone is 10. The average molecular weight is 867 g/mol. The first-order valence-corrected chi connectivity index (χ1v) is 26.8. The minimum Gasteiger partial charge on any atom is -0.462 e. The lowest BCUT2D eigenvalue weighted by Crippen LogP contribution is -2.30. The van der Waals surface area contributed by atoms with Crippen LogP contribution in [0.25, 0.3) is 0 Å². The number of rotatable bonds is 49. The van der Waals surface area contributed by atoms with Crippen molar-refractivity contribution in [3.05, 3.63) is 60.8 Å². The predicted octanol–water partition coefficient (Wildman–Crippen LogP) is 18.1. The maximum atomic E-state index is 12.8. The zero-order valence-corrected chi connectivity index (χ0v) is 41.4. The molecule has 0 saturated heterocycles. The zero-order valence-electron chi connectivity index (χ0n) is 41.4. The van der Waals surface area contributed by atoms with Gasteiger partial charge in [-0.1, -0.05) is 236 Å². The van der Waals surface area contributed by atoms with Crippen LogP contribution in [0, 0.1) is 0 Å². The van der Waals surface area contributed by atoms with E-state index >= 15 is 0 Å². The van der Waals surface area contributed by atoms with Crippen LogP contribution in [0.2, 0.25) is 0 Å². The average Bonchev–Trinajstić information content (AvgIpc) is 3.27. The van der Waals surface area contributed by atoms with Crippen molar-refractivity contribution in [3.63, 3.8) is 0 Å². The number of ether oxygens (including phenoxy) is 3. The van der Waals surface area contributed by atoms with Crippen LogP contribution >= 0.6 is 0 Å². The number of esters is 2. The molecule has 0 aliphatic heterocycles. The molecule has 1 atom stereocenters. The molecular formula is C57H102O5. The summed E-state index contributed by atoms with van der Waals surface area (Å²) in [4.78, 5) is 25.4. The first kappa shape index (κ1) is 59.6. The van der Waals surface area contributed by atoms with E-state index in [9.17, 15) is 9.59 Å². The summed E-state index contributed by atoms with van der Waals surface area (Å²) in [6.45, 7) is 7.62. The molecule has 0 fully saturated rings. The van der Waals surface area contributed by atoms with Crippen LogP contribution in [0.3, 0.4) is 0 Å². The summed E-state index contributed by atoms with van der Waals surface area (Å²) in [5.41, 5.74) is 0. The Hall–Kier alpha value is -2.40. The van der Waals surface area contributed by atoms with Crippen molar-refractivity contribution in [2.24, 2.45) is 0 Å². The second-order valence-electron chi connectivity index (χ2n) is 17.8. The summed E-state index contributed by atoms with van der Waals surface area (Å²) >= 11 is 0. The predicted molar refractivity (Wildman–Crippen MR) is 270 cm³/mol. The second-order valence-corrected chi connectivity index (χ2v) is 17.8.